The molecule has 0 saturated heterocycles. The van der Waals surface area contributed by atoms with Crippen molar-refractivity contribution >= 4 is 46.6 Å². The number of benzene rings is 1. The molecule has 2 heterocycles. The molecule has 0 spiro atoms. The quantitative estimate of drug-likeness (QED) is 0.798. The molecule has 0 aliphatic carbocycles. The maximum atomic E-state index is 12.5. The Morgan fingerprint density at radius 2 is 1.76 bits per heavy atom. The SMILES string of the molecule is COC(=O)[C@H]1[C@H](c2ccc(Cl)cc2)c2sc(=O)[nH]c2S[C@@H]1C(=O)OC. The molecule has 0 amide bonds. The average molecular weight is 400 g/mol. The molecule has 3 rings (SSSR count). The van der Waals surface area contributed by atoms with Crippen LogP contribution in [0.1, 0.15) is 16.4 Å². The van der Waals surface area contributed by atoms with Gasteiger partial charge in [0.25, 0.3) is 0 Å². The molecule has 0 radical (unpaired) electrons. The summed E-state index contributed by atoms with van der Waals surface area (Å²) in [4.78, 5) is 39.9. The largest absolute Gasteiger partial charge is 0.469 e. The number of H-pyrrole nitrogens is 1. The van der Waals surface area contributed by atoms with Crippen LogP contribution >= 0.6 is 34.7 Å². The Bertz CT molecular complexity index is 860. The third-order valence-electron chi connectivity index (χ3n) is 3.99. The summed E-state index contributed by atoms with van der Waals surface area (Å²) in [6.07, 6.45) is 0. The first-order valence-corrected chi connectivity index (χ1v) is 9.34. The lowest BCUT2D eigenvalue weighted by Crippen LogP contribution is -2.40. The van der Waals surface area contributed by atoms with Crippen LogP contribution in [0.3, 0.4) is 0 Å². The van der Waals surface area contributed by atoms with Crippen LogP contribution in [0.4, 0.5) is 0 Å². The number of ether oxygens (including phenoxy) is 2. The monoisotopic (exact) mass is 399 g/mol. The zero-order chi connectivity index (χ0) is 18.1. The Labute approximate surface area is 156 Å². The zero-order valence-corrected chi connectivity index (χ0v) is 15.7. The van der Waals surface area contributed by atoms with E-state index < -0.39 is 29.0 Å². The highest BCUT2D eigenvalue weighted by atomic mass is 35.5. The Hall–Kier alpha value is -1.77. The first-order valence-electron chi connectivity index (χ1n) is 7.27. The van der Waals surface area contributed by atoms with Crippen molar-refractivity contribution in [3.05, 3.63) is 49.4 Å². The molecule has 1 aliphatic heterocycles. The van der Waals surface area contributed by atoms with Gasteiger partial charge in [-0.05, 0) is 17.7 Å². The Kier molecular flexibility index (Phi) is 5.21. The minimum absolute atomic E-state index is 0.245. The normalized spacial score (nSPS) is 22.1. The van der Waals surface area contributed by atoms with Crippen molar-refractivity contribution in [2.75, 3.05) is 14.2 Å². The Morgan fingerprint density at radius 3 is 2.36 bits per heavy atom. The summed E-state index contributed by atoms with van der Waals surface area (Å²) >= 11 is 8.10. The number of carbonyl (C=O) groups excluding carboxylic acids is 2. The van der Waals surface area contributed by atoms with Gasteiger partial charge in [0.2, 0.25) is 0 Å². The lowest BCUT2D eigenvalue weighted by molar-refractivity contribution is -0.151. The molecule has 2 aromatic rings. The smallest absolute Gasteiger partial charge is 0.320 e. The van der Waals surface area contributed by atoms with Crippen LogP contribution in [0.15, 0.2) is 34.1 Å². The second-order valence-electron chi connectivity index (χ2n) is 5.35. The van der Waals surface area contributed by atoms with Crippen LogP contribution in [0.25, 0.3) is 0 Å². The fraction of sp³-hybridized carbons (Fsp3) is 0.312. The Balaban J connectivity index is 2.20. The summed E-state index contributed by atoms with van der Waals surface area (Å²) in [5.41, 5.74) is 0.769. The highest BCUT2D eigenvalue weighted by Crippen LogP contribution is 2.49. The molecule has 25 heavy (non-hydrogen) atoms. The summed E-state index contributed by atoms with van der Waals surface area (Å²) in [7, 11) is 2.54. The van der Waals surface area contributed by atoms with E-state index in [-0.39, 0.29) is 4.87 Å². The van der Waals surface area contributed by atoms with Crippen molar-refractivity contribution in [2.24, 2.45) is 5.92 Å². The topological polar surface area (TPSA) is 85.5 Å². The third-order valence-corrected chi connectivity index (χ3v) is 6.63. The van der Waals surface area contributed by atoms with Crippen molar-refractivity contribution in [1.82, 2.24) is 4.98 Å². The molecule has 1 aromatic heterocycles. The number of carbonyl (C=O) groups is 2. The van der Waals surface area contributed by atoms with Gasteiger partial charge in [-0.2, -0.15) is 0 Å². The van der Waals surface area contributed by atoms with Crippen molar-refractivity contribution in [3.63, 3.8) is 0 Å². The van der Waals surface area contributed by atoms with E-state index in [1.165, 1.54) is 14.2 Å². The van der Waals surface area contributed by atoms with Gasteiger partial charge in [-0.25, -0.2) is 0 Å². The molecule has 1 N–H and O–H groups in total. The van der Waals surface area contributed by atoms with Crippen molar-refractivity contribution in [2.45, 2.75) is 16.2 Å². The minimum atomic E-state index is -0.823. The number of aromatic nitrogens is 1. The first kappa shape index (κ1) is 18.0. The predicted octanol–water partition coefficient (Wildman–Crippen LogP) is 2.66. The summed E-state index contributed by atoms with van der Waals surface area (Å²) in [6.45, 7) is 0. The second kappa shape index (κ2) is 7.23. The maximum Gasteiger partial charge on any atom is 0.320 e. The van der Waals surface area contributed by atoms with E-state index in [0.29, 0.717) is 14.9 Å². The molecule has 132 valence electrons. The van der Waals surface area contributed by atoms with E-state index in [0.717, 1.165) is 28.7 Å². The van der Waals surface area contributed by atoms with Crippen LogP contribution in [-0.4, -0.2) is 36.4 Å². The lowest BCUT2D eigenvalue weighted by Gasteiger charge is -2.33. The van der Waals surface area contributed by atoms with Gasteiger partial charge in [-0.15, -0.1) is 0 Å². The molecule has 0 fully saturated rings. The van der Waals surface area contributed by atoms with Gasteiger partial charge in [-0.1, -0.05) is 46.8 Å². The molecule has 1 aliphatic rings. The van der Waals surface area contributed by atoms with Gasteiger partial charge in [0.1, 0.15) is 5.25 Å². The summed E-state index contributed by atoms with van der Waals surface area (Å²) in [5.74, 6) is -2.40. The number of hydrogen-bond donors (Lipinski definition) is 1. The van der Waals surface area contributed by atoms with Gasteiger partial charge in [0.05, 0.1) is 25.2 Å². The number of thiazole rings is 1. The predicted molar refractivity (Wildman–Crippen MR) is 95.4 cm³/mol. The molecule has 0 unspecified atom stereocenters. The number of esters is 2. The molecule has 0 saturated carbocycles. The van der Waals surface area contributed by atoms with E-state index in [1.54, 1.807) is 24.3 Å². The van der Waals surface area contributed by atoms with Gasteiger partial charge < -0.3 is 14.5 Å². The lowest BCUT2D eigenvalue weighted by atomic mass is 9.82. The average Bonchev–Trinajstić information content (AvgIpc) is 2.99. The molecular weight excluding hydrogens is 386 g/mol. The van der Waals surface area contributed by atoms with E-state index in [1.807, 2.05) is 0 Å². The summed E-state index contributed by atoms with van der Waals surface area (Å²) in [5, 5.41) is 0.303. The fourth-order valence-electron chi connectivity index (χ4n) is 2.89. The van der Waals surface area contributed by atoms with E-state index >= 15 is 0 Å². The molecule has 6 nitrogen and oxygen atoms in total. The van der Waals surface area contributed by atoms with Crippen LogP contribution in [0.5, 0.6) is 0 Å². The van der Waals surface area contributed by atoms with E-state index in [2.05, 4.69) is 4.98 Å². The highest BCUT2D eigenvalue weighted by Gasteiger charge is 2.48. The second-order valence-corrected chi connectivity index (χ2v) is 7.95. The Morgan fingerprint density at radius 1 is 1.12 bits per heavy atom. The molecule has 3 atom stereocenters. The molecule has 9 heteroatoms. The number of halogens is 1. The number of nitrogens with one attached hydrogen (secondary N) is 1. The first-order chi connectivity index (χ1) is 12.0. The fourth-order valence-corrected chi connectivity index (χ4v) is 5.51. The van der Waals surface area contributed by atoms with Crippen molar-refractivity contribution in [1.29, 1.82) is 0 Å². The number of aromatic amines is 1. The van der Waals surface area contributed by atoms with Crippen molar-refractivity contribution in [3.8, 4) is 0 Å². The van der Waals surface area contributed by atoms with Crippen LogP contribution < -0.4 is 4.87 Å². The number of rotatable bonds is 3. The molecule has 0 bridgehead atoms. The maximum absolute atomic E-state index is 12.5. The van der Waals surface area contributed by atoms with Crippen LogP contribution in [-0.2, 0) is 19.1 Å². The summed E-state index contributed by atoms with van der Waals surface area (Å²) < 4.78 is 9.80. The summed E-state index contributed by atoms with van der Waals surface area (Å²) in [6, 6.07) is 6.97. The molecule has 1 aromatic carbocycles. The van der Waals surface area contributed by atoms with E-state index in [9.17, 15) is 14.4 Å². The number of thioether (sulfide) groups is 1. The van der Waals surface area contributed by atoms with Gasteiger partial charge in [0, 0.05) is 15.8 Å². The minimum Gasteiger partial charge on any atom is -0.469 e. The van der Waals surface area contributed by atoms with Crippen molar-refractivity contribution < 1.29 is 19.1 Å². The van der Waals surface area contributed by atoms with Crippen LogP contribution in [0.2, 0.25) is 5.02 Å². The van der Waals surface area contributed by atoms with E-state index in [4.69, 9.17) is 21.1 Å². The standard InChI is InChI=1S/C16H14ClNO5S2/c1-22-14(19)10-9(7-3-5-8(17)6-4-7)11-13(18-16(21)25-11)24-12(10)15(20)23-2/h3-6,9-10,12H,1-2H3,(H,18,21)/t9-,10-,12-/m0/s1. The number of hydrogen-bond acceptors (Lipinski definition) is 7. The zero-order valence-electron chi connectivity index (χ0n) is 13.3. The highest BCUT2D eigenvalue weighted by molar-refractivity contribution is 8.00. The van der Waals surface area contributed by atoms with Gasteiger partial charge in [0.15, 0.2) is 0 Å². The molecular formula is C16H14ClNO5S2. The van der Waals surface area contributed by atoms with Crippen LogP contribution in [0, 0.1) is 5.92 Å². The third kappa shape index (κ3) is 3.33. The number of fused-ring (bicyclic) bond motifs is 1. The van der Waals surface area contributed by atoms with Gasteiger partial charge in [-0.3, -0.25) is 14.4 Å². The van der Waals surface area contributed by atoms with Gasteiger partial charge >= 0.3 is 16.8 Å². The number of methoxy groups -OCH3 is 2.